The second kappa shape index (κ2) is 7.96. The van der Waals surface area contributed by atoms with Gasteiger partial charge in [0, 0.05) is 7.05 Å². The van der Waals surface area contributed by atoms with Gasteiger partial charge in [0.25, 0.3) is 10.1 Å². The maximum absolute atomic E-state index is 11.3. The van der Waals surface area contributed by atoms with E-state index in [1.54, 1.807) is 24.3 Å². The number of benzene rings is 1. The Morgan fingerprint density at radius 1 is 1.38 bits per heavy atom. The van der Waals surface area contributed by atoms with E-state index in [1.807, 2.05) is 0 Å². The highest BCUT2D eigenvalue weighted by atomic mass is 32.2. The van der Waals surface area contributed by atoms with E-state index in [4.69, 9.17) is 15.0 Å². The molecule has 0 aliphatic heterocycles. The van der Waals surface area contributed by atoms with Crippen molar-refractivity contribution in [3.8, 4) is 5.75 Å². The second-order valence-electron chi connectivity index (χ2n) is 4.56. The Hall–Kier alpha value is -1.64. The van der Waals surface area contributed by atoms with Gasteiger partial charge in [0.1, 0.15) is 5.75 Å². The predicted molar refractivity (Wildman–Crippen MR) is 78.7 cm³/mol. The van der Waals surface area contributed by atoms with E-state index in [1.165, 1.54) is 7.05 Å². The highest BCUT2D eigenvalue weighted by Crippen LogP contribution is 2.13. The van der Waals surface area contributed by atoms with E-state index < -0.39 is 16.2 Å². The number of nitrogens with two attached hydrogens (primary N) is 1. The van der Waals surface area contributed by atoms with Crippen molar-refractivity contribution in [3.63, 3.8) is 0 Å². The molecular weight excluding hydrogens is 296 g/mol. The average molecular weight is 316 g/mol. The maximum Gasteiger partial charge on any atom is 0.264 e. The topological polar surface area (TPSA) is 119 Å². The second-order valence-corrected chi connectivity index (χ2v) is 6.13. The fourth-order valence-corrected chi connectivity index (χ4v) is 2.17. The third-order valence-corrected chi connectivity index (χ3v) is 3.58. The normalized spacial score (nSPS) is 12.7. The molecular formula is C13H20N2O5S. The summed E-state index contributed by atoms with van der Waals surface area (Å²) < 4.78 is 35.0. The Morgan fingerprint density at radius 2 is 2.00 bits per heavy atom. The largest absolute Gasteiger partial charge is 0.494 e. The van der Waals surface area contributed by atoms with Crippen LogP contribution in [0.25, 0.3) is 0 Å². The molecule has 0 heterocycles. The van der Waals surface area contributed by atoms with Crippen LogP contribution < -0.4 is 15.8 Å². The lowest BCUT2D eigenvalue weighted by molar-refractivity contribution is -0.121. The van der Waals surface area contributed by atoms with E-state index in [2.05, 4.69) is 5.32 Å². The molecule has 21 heavy (non-hydrogen) atoms. The summed E-state index contributed by atoms with van der Waals surface area (Å²) in [5, 5.41) is 2.48. The van der Waals surface area contributed by atoms with Crippen molar-refractivity contribution in [2.24, 2.45) is 5.73 Å². The molecule has 118 valence electrons. The molecule has 1 amide bonds. The number of likely N-dealkylation sites (N-methyl/N-ethyl adjacent to an activating group) is 1. The summed E-state index contributed by atoms with van der Waals surface area (Å²) in [7, 11) is -2.41. The van der Waals surface area contributed by atoms with Crippen LogP contribution in [0.1, 0.15) is 12.0 Å². The van der Waals surface area contributed by atoms with Gasteiger partial charge in [0.15, 0.2) is 0 Å². The standard InChI is InChI=1S/C13H20N2O5S/c1-15-13(16)12(14)9-10-3-5-11(6-4-10)20-7-2-8-21(17,18)19/h3-6,12H,2,7-9,14H2,1H3,(H,15,16)(H,17,18,19)/t12-/m0/s1. The molecule has 0 unspecified atom stereocenters. The van der Waals surface area contributed by atoms with Gasteiger partial charge in [-0.1, -0.05) is 12.1 Å². The van der Waals surface area contributed by atoms with E-state index in [0.717, 1.165) is 5.56 Å². The lowest BCUT2D eigenvalue weighted by Crippen LogP contribution is -2.40. The molecule has 4 N–H and O–H groups in total. The molecule has 8 heteroatoms. The summed E-state index contributed by atoms with van der Waals surface area (Å²) in [6, 6.07) is 6.43. The summed E-state index contributed by atoms with van der Waals surface area (Å²) in [4.78, 5) is 11.3. The smallest absolute Gasteiger partial charge is 0.264 e. The van der Waals surface area contributed by atoms with Crippen LogP contribution in [0.4, 0.5) is 0 Å². The minimum Gasteiger partial charge on any atom is -0.494 e. The fraction of sp³-hybridized carbons (Fsp3) is 0.462. The molecule has 0 radical (unpaired) electrons. The highest BCUT2D eigenvalue weighted by Gasteiger charge is 2.12. The first kappa shape index (κ1) is 17.4. The Balaban J connectivity index is 2.42. The van der Waals surface area contributed by atoms with Crippen molar-refractivity contribution in [2.45, 2.75) is 18.9 Å². The van der Waals surface area contributed by atoms with E-state index >= 15 is 0 Å². The SMILES string of the molecule is CNC(=O)[C@@H](N)Cc1ccc(OCCCS(=O)(=O)O)cc1. The quantitative estimate of drug-likeness (QED) is 0.457. The molecule has 0 saturated heterocycles. The minimum atomic E-state index is -3.94. The Labute approximate surface area is 124 Å². The Bertz CT molecular complexity index is 556. The highest BCUT2D eigenvalue weighted by molar-refractivity contribution is 7.85. The van der Waals surface area contributed by atoms with Crippen molar-refractivity contribution < 1.29 is 22.5 Å². The molecule has 0 aromatic heterocycles. The van der Waals surface area contributed by atoms with Gasteiger partial charge in [-0.15, -0.1) is 0 Å². The van der Waals surface area contributed by atoms with Gasteiger partial charge in [-0.05, 0) is 30.5 Å². The van der Waals surface area contributed by atoms with Gasteiger partial charge in [-0.25, -0.2) is 0 Å². The summed E-state index contributed by atoms with van der Waals surface area (Å²) in [5.74, 6) is 0.0367. The molecule has 1 rings (SSSR count). The number of ether oxygens (including phenoxy) is 1. The molecule has 1 aromatic carbocycles. The van der Waals surface area contributed by atoms with Crippen molar-refractivity contribution >= 4 is 16.0 Å². The first-order chi connectivity index (χ1) is 9.81. The number of hydrogen-bond acceptors (Lipinski definition) is 5. The molecule has 1 aromatic rings. The molecule has 0 fully saturated rings. The van der Waals surface area contributed by atoms with Crippen molar-refractivity contribution in [1.29, 1.82) is 0 Å². The van der Waals surface area contributed by atoms with Crippen LogP contribution >= 0.6 is 0 Å². The molecule has 1 atom stereocenters. The molecule has 7 nitrogen and oxygen atoms in total. The third kappa shape index (κ3) is 7.07. The van der Waals surface area contributed by atoms with Crippen LogP contribution in [0, 0.1) is 0 Å². The summed E-state index contributed by atoms with van der Waals surface area (Å²) in [6.07, 6.45) is 0.630. The summed E-state index contributed by atoms with van der Waals surface area (Å²) in [5.41, 5.74) is 6.61. The maximum atomic E-state index is 11.3. The first-order valence-electron chi connectivity index (χ1n) is 6.46. The number of hydrogen-bond donors (Lipinski definition) is 3. The van der Waals surface area contributed by atoms with E-state index in [0.29, 0.717) is 12.2 Å². The van der Waals surface area contributed by atoms with Crippen LogP contribution in [0.15, 0.2) is 24.3 Å². The molecule has 0 bridgehead atoms. The molecule has 0 aliphatic carbocycles. The predicted octanol–water partition coefficient (Wildman–Crippen LogP) is -0.0409. The Morgan fingerprint density at radius 3 is 2.52 bits per heavy atom. The van der Waals surface area contributed by atoms with E-state index in [-0.39, 0.29) is 24.7 Å². The van der Waals surface area contributed by atoms with Gasteiger partial charge in [0.05, 0.1) is 18.4 Å². The summed E-state index contributed by atoms with van der Waals surface area (Å²) >= 11 is 0. The number of rotatable bonds is 8. The zero-order valence-corrected chi connectivity index (χ0v) is 12.6. The lowest BCUT2D eigenvalue weighted by Gasteiger charge is -2.11. The van der Waals surface area contributed by atoms with Gasteiger partial charge in [-0.2, -0.15) is 8.42 Å². The van der Waals surface area contributed by atoms with Crippen LogP contribution in [0.2, 0.25) is 0 Å². The fourth-order valence-electron chi connectivity index (χ4n) is 1.69. The van der Waals surface area contributed by atoms with Crippen LogP contribution in [0.5, 0.6) is 5.75 Å². The number of carbonyl (C=O) groups is 1. The van der Waals surface area contributed by atoms with Crippen molar-refractivity contribution in [1.82, 2.24) is 5.32 Å². The van der Waals surface area contributed by atoms with Crippen molar-refractivity contribution in [2.75, 3.05) is 19.4 Å². The number of carbonyl (C=O) groups excluding carboxylic acids is 1. The average Bonchev–Trinajstić information content (AvgIpc) is 2.43. The lowest BCUT2D eigenvalue weighted by atomic mass is 10.1. The van der Waals surface area contributed by atoms with Crippen LogP contribution in [-0.2, 0) is 21.3 Å². The summed E-state index contributed by atoms with van der Waals surface area (Å²) in [6.45, 7) is 0.191. The number of amides is 1. The van der Waals surface area contributed by atoms with E-state index in [9.17, 15) is 13.2 Å². The van der Waals surface area contributed by atoms with Crippen LogP contribution in [-0.4, -0.2) is 44.3 Å². The monoisotopic (exact) mass is 316 g/mol. The van der Waals surface area contributed by atoms with Gasteiger partial charge in [-0.3, -0.25) is 9.35 Å². The number of nitrogens with one attached hydrogen (secondary N) is 1. The minimum absolute atomic E-state index is 0.191. The first-order valence-corrected chi connectivity index (χ1v) is 8.07. The van der Waals surface area contributed by atoms with Gasteiger partial charge in [0.2, 0.25) is 5.91 Å². The third-order valence-electron chi connectivity index (χ3n) is 2.78. The Kier molecular flexibility index (Phi) is 6.60. The van der Waals surface area contributed by atoms with Gasteiger partial charge < -0.3 is 15.8 Å². The zero-order valence-electron chi connectivity index (χ0n) is 11.8. The van der Waals surface area contributed by atoms with Gasteiger partial charge >= 0.3 is 0 Å². The molecule has 0 aliphatic rings. The molecule has 0 spiro atoms. The molecule has 0 saturated carbocycles. The zero-order chi connectivity index (χ0) is 15.9. The van der Waals surface area contributed by atoms with Crippen molar-refractivity contribution in [3.05, 3.63) is 29.8 Å². The van der Waals surface area contributed by atoms with Crippen LogP contribution in [0.3, 0.4) is 0 Å².